The summed E-state index contributed by atoms with van der Waals surface area (Å²) in [6.07, 6.45) is 1.63. The molecule has 23 heavy (non-hydrogen) atoms. The van der Waals surface area contributed by atoms with Crippen molar-refractivity contribution in [1.29, 1.82) is 0 Å². The number of fused-ring (bicyclic) bond motifs is 1. The topological polar surface area (TPSA) is 51.2 Å². The Morgan fingerprint density at radius 2 is 2.00 bits per heavy atom. The zero-order chi connectivity index (χ0) is 16.2. The van der Waals surface area contributed by atoms with Crippen molar-refractivity contribution < 1.29 is 13.9 Å². The molecule has 0 amide bonds. The van der Waals surface area contributed by atoms with Crippen LogP contribution in [-0.2, 0) is 4.74 Å². The van der Waals surface area contributed by atoms with Crippen LogP contribution in [0.4, 0.5) is 15.8 Å². The number of hydrogen-bond donors (Lipinski definition) is 1. The van der Waals surface area contributed by atoms with Gasteiger partial charge in [0.2, 0.25) is 0 Å². The maximum absolute atomic E-state index is 13.5. The molecule has 0 aliphatic rings. The Labute approximate surface area is 132 Å². The van der Waals surface area contributed by atoms with E-state index in [-0.39, 0.29) is 5.82 Å². The van der Waals surface area contributed by atoms with Crippen molar-refractivity contribution in [2.75, 3.05) is 11.9 Å². The summed E-state index contributed by atoms with van der Waals surface area (Å²) in [4.78, 5) is 16.3. The molecule has 1 aromatic heterocycles. The largest absolute Gasteiger partial charge is 0.462 e. The van der Waals surface area contributed by atoms with Gasteiger partial charge in [-0.1, -0.05) is 12.1 Å². The normalized spacial score (nSPS) is 10.5. The minimum Gasteiger partial charge on any atom is -0.462 e. The Hall–Kier alpha value is -2.95. The summed E-state index contributed by atoms with van der Waals surface area (Å²) in [5, 5.41) is 3.82. The highest BCUT2D eigenvalue weighted by Gasteiger charge is 2.13. The van der Waals surface area contributed by atoms with Crippen LogP contribution in [0.25, 0.3) is 10.9 Å². The summed E-state index contributed by atoms with van der Waals surface area (Å²) in [5.41, 5.74) is 2.37. The molecule has 2 aromatic carbocycles. The van der Waals surface area contributed by atoms with E-state index in [1.807, 2.05) is 6.07 Å². The number of hydrogen-bond acceptors (Lipinski definition) is 4. The maximum atomic E-state index is 13.5. The Kier molecular flexibility index (Phi) is 4.19. The molecule has 0 bridgehead atoms. The number of ether oxygens (including phenoxy) is 1. The van der Waals surface area contributed by atoms with Crippen molar-refractivity contribution in [3.63, 3.8) is 0 Å². The first-order valence-corrected chi connectivity index (χ1v) is 7.26. The van der Waals surface area contributed by atoms with E-state index in [0.717, 1.165) is 0 Å². The lowest BCUT2D eigenvalue weighted by Gasteiger charge is -2.13. The molecule has 0 atom stereocenters. The van der Waals surface area contributed by atoms with Crippen molar-refractivity contribution >= 4 is 28.2 Å². The predicted molar refractivity (Wildman–Crippen MR) is 87.4 cm³/mol. The third-order valence-electron chi connectivity index (χ3n) is 3.40. The molecule has 0 aliphatic heterocycles. The quantitative estimate of drug-likeness (QED) is 0.730. The van der Waals surface area contributed by atoms with Crippen LogP contribution < -0.4 is 5.32 Å². The number of nitrogens with zero attached hydrogens (tertiary/aromatic N) is 1. The average Bonchev–Trinajstić information content (AvgIpc) is 2.56. The van der Waals surface area contributed by atoms with Gasteiger partial charge >= 0.3 is 5.97 Å². The second-order valence-electron chi connectivity index (χ2n) is 4.91. The molecule has 0 saturated carbocycles. The molecule has 5 heteroatoms. The number of rotatable bonds is 4. The van der Waals surface area contributed by atoms with Crippen LogP contribution in [0, 0.1) is 5.82 Å². The van der Waals surface area contributed by atoms with Gasteiger partial charge in [0.1, 0.15) is 5.82 Å². The van der Waals surface area contributed by atoms with Crippen molar-refractivity contribution in [3.05, 3.63) is 66.1 Å². The van der Waals surface area contributed by atoms with Crippen molar-refractivity contribution in [3.8, 4) is 0 Å². The van der Waals surface area contributed by atoms with Crippen molar-refractivity contribution in [2.45, 2.75) is 6.92 Å². The molecule has 1 N–H and O–H groups in total. The fourth-order valence-corrected chi connectivity index (χ4v) is 2.35. The zero-order valence-corrected chi connectivity index (χ0v) is 12.5. The molecule has 0 spiro atoms. The Morgan fingerprint density at radius 3 is 2.83 bits per heavy atom. The van der Waals surface area contributed by atoms with Crippen molar-refractivity contribution in [1.82, 2.24) is 4.98 Å². The minimum atomic E-state index is -0.403. The van der Waals surface area contributed by atoms with Gasteiger partial charge in [-0.25, -0.2) is 9.18 Å². The van der Waals surface area contributed by atoms with Gasteiger partial charge in [-0.15, -0.1) is 0 Å². The van der Waals surface area contributed by atoms with Crippen LogP contribution in [-0.4, -0.2) is 17.6 Å². The van der Waals surface area contributed by atoms with Crippen LogP contribution in [0.2, 0.25) is 0 Å². The predicted octanol–water partition coefficient (Wildman–Crippen LogP) is 4.29. The summed E-state index contributed by atoms with van der Waals surface area (Å²) in [7, 11) is 0. The lowest BCUT2D eigenvalue weighted by Crippen LogP contribution is -2.08. The first kappa shape index (κ1) is 15.0. The Bertz CT molecular complexity index is 865. The smallest absolute Gasteiger partial charge is 0.340 e. The van der Waals surface area contributed by atoms with Gasteiger partial charge in [0.25, 0.3) is 0 Å². The molecule has 0 saturated heterocycles. The molecule has 3 rings (SSSR count). The van der Waals surface area contributed by atoms with E-state index >= 15 is 0 Å². The fraction of sp³-hybridized carbons (Fsp3) is 0.111. The van der Waals surface area contributed by atoms with Gasteiger partial charge in [-0.2, -0.15) is 0 Å². The number of benzene rings is 2. The molecule has 1 heterocycles. The summed E-state index contributed by atoms with van der Waals surface area (Å²) in [6.45, 7) is 2.06. The zero-order valence-electron chi connectivity index (χ0n) is 12.5. The van der Waals surface area contributed by atoms with Crippen LogP contribution in [0.5, 0.6) is 0 Å². The van der Waals surface area contributed by atoms with E-state index in [2.05, 4.69) is 10.3 Å². The number of para-hydroxylation sites is 1. The van der Waals surface area contributed by atoms with E-state index in [0.29, 0.717) is 34.4 Å². The maximum Gasteiger partial charge on any atom is 0.340 e. The summed E-state index contributed by atoms with van der Waals surface area (Å²) < 4.78 is 18.6. The highest BCUT2D eigenvalue weighted by atomic mass is 19.1. The number of anilines is 2. The number of esters is 1. The molecule has 0 unspecified atom stereocenters. The van der Waals surface area contributed by atoms with E-state index in [9.17, 15) is 9.18 Å². The van der Waals surface area contributed by atoms with E-state index < -0.39 is 5.97 Å². The molecule has 0 fully saturated rings. The third kappa shape index (κ3) is 3.13. The van der Waals surface area contributed by atoms with Gasteiger partial charge in [-0.3, -0.25) is 4.98 Å². The lowest BCUT2D eigenvalue weighted by molar-refractivity contribution is 0.0527. The van der Waals surface area contributed by atoms with Crippen LogP contribution in [0.3, 0.4) is 0 Å². The number of aromatic nitrogens is 1. The number of nitrogens with one attached hydrogen (secondary N) is 1. The second kappa shape index (κ2) is 6.44. The van der Waals surface area contributed by atoms with Crippen LogP contribution in [0.1, 0.15) is 17.3 Å². The highest BCUT2D eigenvalue weighted by molar-refractivity contribution is 5.99. The van der Waals surface area contributed by atoms with Gasteiger partial charge in [0, 0.05) is 17.3 Å². The third-order valence-corrected chi connectivity index (χ3v) is 3.40. The standard InChI is InChI=1S/C18H15FN2O2/c1-2-23-18(22)13-5-3-4-6-16(13)21-17-9-10-20-15-8-7-12(19)11-14(15)17/h3-11H,2H2,1H3,(H,20,21). The first-order chi connectivity index (χ1) is 11.2. The number of halogens is 1. The summed E-state index contributed by atoms with van der Waals surface area (Å²) in [5.74, 6) is -0.743. The van der Waals surface area contributed by atoms with Gasteiger partial charge < -0.3 is 10.1 Å². The first-order valence-electron chi connectivity index (χ1n) is 7.26. The lowest BCUT2D eigenvalue weighted by atomic mass is 10.1. The van der Waals surface area contributed by atoms with E-state index in [4.69, 9.17) is 4.74 Å². The molecule has 0 aliphatic carbocycles. The van der Waals surface area contributed by atoms with E-state index in [1.165, 1.54) is 12.1 Å². The van der Waals surface area contributed by atoms with Crippen LogP contribution >= 0.6 is 0 Å². The van der Waals surface area contributed by atoms with E-state index in [1.54, 1.807) is 43.5 Å². The summed E-state index contributed by atoms with van der Waals surface area (Å²) >= 11 is 0. The average molecular weight is 310 g/mol. The Morgan fingerprint density at radius 1 is 1.17 bits per heavy atom. The van der Waals surface area contributed by atoms with Gasteiger partial charge in [0.05, 0.1) is 23.4 Å². The molecular formula is C18H15FN2O2. The van der Waals surface area contributed by atoms with Gasteiger partial charge in [0.15, 0.2) is 0 Å². The van der Waals surface area contributed by atoms with Crippen LogP contribution in [0.15, 0.2) is 54.7 Å². The molecule has 3 aromatic rings. The highest BCUT2D eigenvalue weighted by Crippen LogP contribution is 2.27. The number of carbonyl (C=O) groups is 1. The fourth-order valence-electron chi connectivity index (χ4n) is 2.35. The van der Waals surface area contributed by atoms with Gasteiger partial charge in [-0.05, 0) is 43.3 Å². The molecule has 0 radical (unpaired) electrons. The van der Waals surface area contributed by atoms with Crippen molar-refractivity contribution in [2.24, 2.45) is 0 Å². The number of carbonyl (C=O) groups excluding carboxylic acids is 1. The monoisotopic (exact) mass is 310 g/mol. The molecular weight excluding hydrogens is 295 g/mol. The Balaban J connectivity index is 2.03. The molecule has 116 valence electrons. The second-order valence-corrected chi connectivity index (χ2v) is 4.91. The SMILES string of the molecule is CCOC(=O)c1ccccc1Nc1ccnc2ccc(F)cc12. The summed E-state index contributed by atoms with van der Waals surface area (Å²) in [6, 6.07) is 13.2. The molecule has 4 nitrogen and oxygen atoms in total. The number of pyridine rings is 1. The minimum absolute atomic E-state index is 0.302.